The molecule has 0 N–H and O–H groups in total. The maximum Gasteiger partial charge on any atom is 0.306 e. The first-order chi connectivity index (χ1) is 32.6. The standard InChI is InChI=1S/C61H110O5/c1-4-7-10-13-16-19-22-25-27-29-31-32-34-37-39-42-45-48-51-54-60(62)65-58-59(66-61(63)55-52-49-46-43-40-36-24-21-18-15-12-9-6-3)57-64-56-53-50-47-44-41-38-35-33-30-28-26-23-20-17-14-11-8-5-2/h9,12,16,18-19,21,25,27,36,40,59H,4-8,10-11,13-15,17,20,22-24,26,28-35,37-39,41-58H2,1-3H3/b12-9-,19-16-,21-18-,27-25-,40-36-. The Morgan fingerprint density at radius 1 is 0.348 bits per heavy atom. The van der Waals surface area contributed by atoms with Crippen molar-refractivity contribution in [3.8, 4) is 0 Å². The molecule has 0 amide bonds. The summed E-state index contributed by atoms with van der Waals surface area (Å²) in [6, 6.07) is 0. The molecule has 0 bridgehead atoms. The molecule has 0 spiro atoms. The van der Waals surface area contributed by atoms with Crippen LogP contribution in [0, 0.1) is 0 Å². The first-order valence-corrected chi connectivity index (χ1v) is 28.8. The second-order valence-corrected chi connectivity index (χ2v) is 19.2. The first-order valence-electron chi connectivity index (χ1n) is 28.8. The monoisotopic (exact) mass is 923 g/mol. The van der Waals surface area contributed by atoms with E-state index in [-0.39, 0.29) is 25.2 Å². The van der Waals surface area contributed by atoms with E-state index >= 15 is 0 Å². The lowest BCUT2D eigenvalue weighted by atomic mass is 10.0. The zero-order valence-corrected chi connectivity index (χ0v) is 44.2. The van der Waals surface area contributed by atoms with Crippen molar-refractivity contribution in [1.82, 2.24) is 0 Å². The Hall–Kier alpha value is -2.40. The zero-order chi connectivity index (χ0) is 47.7. The van der Waals surface area contributed by atoms with Gasteiger partial charge in [0.05, 0.1) is 6.61 Å². The minimum atomic E-state index is -0.552. The number of carbonyl (C=O) groups excluding carboxylic acids is 2. The van der Waals surface area contributed by atoms with Gasteiger partial charge in [0, 0.05) is 19.4 Å². The van der Waals surface area contributed by atoms with Crippen LogP contribution in [-0.4, -0.2) is 37.9 Å². The molecule has 0 aliphatic heterocycles. The number of ether oxygens (including phenoxy) is 3. The van der Waals surface area contributed by atoms with Gasteiger partial charge in [-0.1, -0.05) is 255 Å². The van der Waals surface area contributed by atoms with Gasteiger partial charge >= 0.3 is 11.9 Å². The van der Waals surface area contributed by atoms with E-state index in [4.69, 9.17) is 14.2 Å². The molecule has 1 unspecified atom stereocenters. The van der Waals surface area contributed by atoms with Gasteiger partial charge in [0.25, 0.3) is 0 Å². The largest absolute Gasteiger partial charge is 0.462 e. The Bertz CT molecular complexity index is 1130. The molecule has 5 heteroatoms. The Morgan fingerprint density at radius 3 is 1.14 bits per heavy atom. The molecule has 66 heavy (non-hydrogen) atoms. The molecule has 0 radical (unpaired) electrons. The highest BCUT2D eigenvalue weighted by Gasteiger charge is 2.17. The highest BCUT2D eigenvalue weighted by atomic mass is 16.6. The molecule has 0 aliphatic carbocycles. The summed E-state index contributed by atoms with van der Waals surface area (Å²) >= 11 is 0. The fourth-order valence-corrected chi connectivity index (χ4v) is 8.26. The summed E-state index contributed by atoms with van der Waals surface area (Å²) in [5.41, 5.74) is 0. The van der Waals surface area contributed by atoms with E-state index in [1.54, 1.807) is 0 Å². The van der Waals surface area contributed by atoms with E-state index < -0.39 is 6.10 Å². The fourth-order valence-electron chi connectivity index (χ4n) is 8.26. The number of carbonyl (C=O) groups is 2. The lowest BCUT2D eigenvalue weighted by molar-refractivity contribution is -0.163. The number of hydrogen-bond acceptors (Lipinski definition) is 5. The van der Waals surface area contributed by atoms with Crippen molar-refractivity contribution >= 4 is 11.9 Å². The molecule has 0 rings (SSSR count). The third-order valence-corrected chi connectivity index (χ3v) is 12.5. The van der Waals surface area contributed by atoms with Crippen LogP contribution in [0.25, 0.3) is 0 Å². The van der Waals surface area contributed by atoms with Crippen molar-refractivity contribution in [2.24, 2.45) is 0 Å². The second-order valence-electron chi connectivity index (χ2n) is 19.2. The normalized spacial score (nSPS) is 12.6. The zero-order valence-electron chi connectivity index (χ0n) is 44.2. The predicted molar refractivity (Wildman–Crippen MR) is 288 cm³/mol. The summed E-state index contributed by atoms with van der Waals surface area (Å²) in [5, 5.41) is 0. The van der Waals surface area contributed by atoms with Crippen molar-refractivity contribution in [3.05, 3.63) is 60.8 Å². The number of allylic oxidation sites excluding steroid dienone is 10. The maximum atomic E-state index is 12.8. The van der Waals surface area contributed by atoms with Crippen LogP contribution in [0.15, 0.2) is 60.8 Å². The molecule has 0 heterocycles. The summed E-state index contributed by atoms with van der Waals surface area (Å²) in [7, 11) is 0. The summed E-state index contributed by atoms with van der Waals surface area (Å²) in [6.07, 6.45) is 72.5. The quantitative estimate of drug-likeness (QED) is 0.0346. The average Bonchev–Trinajstić information content (AvgIpc) is 3.32. The topological polar surface area (TPSA) is 61.8 Å². The van der Waals surface area contributed by atoms with Crippen molar-refractivity contribution in [1.29, 1.82) is 0 Å². The first kappa shape index (κ1) is 63.6. The Morgan fingerprint density at radius 2 is 0.682 bits per heavy atom. The van der Waals surface area contributed by atoms with E-state index in [1.165, 1.54) is 180 Å². The van der Waals surface area contributed by atoms with E-state index in [0.717, 1.165) is 77.0 Å². The fraction of sp³-hybridized carbons (Fsp3) is 0.803. The van der Waals surface area contributed by atoms with Crippen molar-refractivity contribution < 1.29 is 23.8 Å². The van der Waals surface area contributed by atoms with Crippen LogP contribution in [0.3, 0.4) is 0 Å². The number of esters is 2. The van der Waals surface area contributed by atoms with Crippen molar-refractivity contribution in [2.45, 2.75) is 297 Å². The Kier molecular flexibility index (Phi) is 54.9. The minimum Gasteiger partial charge on any atom is -0.462 e. The molecular weight excluding hydrogens is 813 g/mol. The predicted octanol–water partition coefficient (Wildman–Crippen LogP) is 19.7. The van der Waals surface area contributed by atoms with Gasteiger partial charge in [-0.3, -0.25) is 9.59 Å². The van der Waals surface area contributed by atoms with Crippen LogP contribution in [-0.2, 0) is 23.8 Å². The van der Waals surface area contributed by atoms with Crippen molar-refractivity contribution in [3.63, 3.8) is 0 Å². The molecule has 0 fully saturated rings. The van der Waals surface area contributed by atoms with Gasteiger partial charge in [0.15, 0.2) is 6.10 Å². The van der Waals surface area contributed by atoms with Crippen LogP contribution >= 0.6 is 0 Å². The molecule has 0 saturated heterocycles. The second kappa shape index (κ2) is 56.9. The summed E-state index contributed by atoms with van der Waals surface area (Å²) < 4.78 is 17.5. The molecule has 5 nitrogen and oxygen atoms in total. The van der Waals surface area contributed by atoms with Gasteiger partial charge in [-0.2, -0.15) is 0 Å². The summed E-state index contributed by atoms with van der Waals surface area (Å²) in [5.74, 6) is -0.424. The van der Waals surface area contributed by atoms with E-state index in [0.29, 0.717) is 19.4 Å². The molecule has 384 valence electrons. The molecule has 0 aliphatic rings. The molecule has 0 aromatic heterocycles. The molecule has 0 saturated carbocycles. The summed E-state index contributed by atoms with van der Waals surface area (Å²) in [4.78, 5) is 25.5. The molecule has 0 aromatic carbocycles. The van der Waals surface area contributed by atoms with Gasteiger partial charge in [-0.15, -0.1) is 0 Å². The Labute approximate surface area is 411 Å². The van der Waals surface area contributed by atoms with Crippen LogP contribution in [0.5, 0.6) is 0 Å². The lowest BCUT2D eigenvalue weighted by Crippen LogP contribution is -2.30. The highest BCUT2D eigenvalue weighted by Crippen LogP contribution is 2.16. The lowest BCUT2D eigenvalue weighted by Gasteiger charge is -2.18. The highest BCUT2D eigenvalue weighted by molar-refractivity contribution is 5.70. The van der Waals surface area contributed by atoms with Gasteiger partial charge in [0.1, 0.15) is 6.61 Å². The van der Waals surface area contributed by atoms with Gasteiger partial charge in [-0.25, -0.2) is 0 Å². The molecule has 1 atom stereocenters. The summed E-state index contributed by atoms with van der Waals surface area (Å²) in [6.45, 7) is 7.70. The van der Waals surface area contributed by atoms with Crippen LogP contribution < -0.4 is 0 Å². The van der Waals surface area contributed by atoms with E-state index in [9.17, 15) is 9.59 Å². The smallest absolute Gasteiger partial charge is 0.306 e. The minimum absolute atomic E-state index is 0.0732. The van der Waals surface area contributed by atoms with Gasteiger partial charge < -0.3 is 14.2 Å². The molecular formula is C61H110O5. The third kappa shape index (κ3) is 54.2. The van der Waals surface area contributed by atoms with Gasteiger partial charge in [0.2, 0.25) is 0 Å². The van der Waals surface area contributed by atoms with Gasteiger partial charge in [-0.05, 0) is 83.5 Å². The third-order valence-electron chi connectivity index (χ3n) is 12.5. The average molecular weight is 924 g/mol. The number of hydrogen-bond donors (Lipinski definition) is 0. The maximum absolute atomic E-state index is 12.8. The molecule has 0 aromatic rings. The SMILES string of the molecule is CC/C=C\C/C=C\C/C=C\CCCCCC(=O)OC(COCCCCCCCCCCCCCCCCCCCC)COC(=O)CCCCCCCCCCC/C=C\C/C=C\CCCCC. The van der Waals surface area contributed by atoms with E-state index in [2.05, 4.69) is 81.5 Å². The number of rotatable bonds is 53. The van der Waals surface area contributed by atoms with Crippen molar-refractivity contribution in [2.75, 3.05) is 19.8 Å². The Balaban J connectivity index is 4.24. The van der Waals surface area contributed by atoms with Crippen LogP contribution in [0.2, 0.25) is 0 Å². The number of unbranched alkanes of at least 4 members (excludes halogenated alkanes) is 32. The van der Waals surface area contributed by atoms with Crippen LogP contribution in [0.4, 0.5) is 0 Å². The van der Waals surface area contributed by atoms with E-state index in [1.807, 2.05) is 0 Å². The van der Waals surface area contributed by atoms with Crippen LogP contribution in [0.1, 0.15) is 290 Å².